The lowest BCUT2D eigenvalue weighted by molar-refractivity contribution is 0.281. The van der Waals surface area contributed by atoms with Gasteiger partial charge >= 0.3 is 0 Å². The summed E-state index contributed by atoms with van der Waals surface area (Å²) in [6.07, 6.45) is 0. The first-order valence-electron chi connectivity index (χ1n) is 5.23. The fourth-order valence-corrected chi connectivity index (χ4v) is 2.47. The van der Waals surface area contributed by atoms with Crippen LogP contribution < -0.4 is 0 Å². The number of aliphatic hydroxyl groups is 1. The second-order valence-electron chi connectivity index (χ2n) is 3.66. The summed E-state index contributed by atoms with van der Waals surface area (Å²) in [6.45, 7) is 2.14. The lowest BCUT2D eigenvalue weighted by Crippen LogP contribution is -1.88. The molecular formula is C14H14OS. The van der Waals surface area contributed by atoms with E-state index in [0.717, 1.165) is 11.1 Å². The third kappa shape index (κ3) is 2.65. The highest BCUT2D eigenvalue weighted by Crippen LogP contribution is 2.28. The molecule has 0 aromatic heterocycles. The quantitative estimate of drug-likeness (QED) is 0.868. The van der Waals surface area contributed by atoms with E-state index in [1.165, 1.54) is 9.79 Å². The molecule has 1 N–H and O–H groups in total. The Morgan fingerprint density at radius 1 is 1.00 bits per heavy atom. The Kier molecular flexibility index (Phi) is 3.65. The van der Waals surface area contributed by atoms with Crippen molar-refractivity contribution in [3.05, 3.63) is 59.7 Å². The van der Waals surface area contributed by atoms with Crippen molar-refractivity contribution in [2.75, 3.05) is 0 Å². The van der Waals surface area contributed by atoms with Crippen molar-refractivity contribution in [2.24, 2.45) is 0 Å². The van der Waals surface area contributed by atoms with Gasteiger partial charge in [-0.25, -0.2) is 0 Å². The molecular weight excluding hydrogens is 216 g/mol. The summed E-state index contributed by atoms with van der Waals surface area (Å²) in [5.41, 5.74) is 2.14. The first-order valence-corrected chi connectivity index (χ1v) is 6.04. The summed E-state index contributed by atoms with van der Waals surface area (Å²) in [5, 5.41) is 9.09. The van der Waals surface area contributed by atoms with E-state index in [-0.39, 0.29) is 6.61 Å². The normalized spacial score (nSPS) is 10.4. The third-order valence-corrected chi connectivity index (χ3v) is 3.46. The molecule has 0 saturated heterocycles. The molecule has 0 bridgehead atoms. The van der Waals surface area contributed by atoms with Crippen molar-refractivity contribution in [2.45, 2.75) is 23.3 Å². The van der Waals surface area contributed by atoms with Gasteiger partial charge in [-0.2, -0.15) is 0 Å². The molecule has 0 amide bonds. The maximum atomic E-state index is 9.09. The van der Waals surface area contributed by atoms with Crippen LogP contribution in [-0.4, -0.2) is 5.11 Å². The largest absolute Gasteiger partial charge is 0.392 e. The number of benzene rings is 2. The number of hydrogen-bond acceptors (Lipinski definition) is 2. The predicted octanol–water partition coefficient (Wildman–Crippen LogP) is 3.64. The topological polar surface area (TPSA) is 20.2 Å². The van der Waals surface area contributed by atoms with Crippen LogP contribution in [0.25, 0.3) is 0 Å². The van der Waals surface area contributed by atoms with Crippen LogP contribution >= 0.6 is 11.8 Å². The van der Waals surface area contributed by atoms with Crippen molar-refractivity contribution in [3.8, 4) is 0 Å². The average molecular weight is 230 g/mol. The fourth-order valence-electron chi connectivity index (χ4n) is 1.53. The van der Waals surface area contributed by atoms with Gasteiger partial charge in [0, 0.05) is 9.79 Å². The Bertz CT molecular complexity index is 465. The van der Waals surface area contributed by atoms with Gasteiger partial charge in [0.15, 0.2) is 0 Å². The number of aliphatic hydroxyl groups excluding tert-OH is 1. The molecule has 1 nitrogen and oxygen atoms in total. The molecule has 0 spiro atoms. The van der Waals surface area contributed by atoms with E-state index in [1.54, 1.807) is 11.8 Å². The van der Waals surface area contributed by atoms with Crippen LogP contribution in [0.15, 0.2) is 58.3 Å². The van der Waals surface area contributed by atoms with Gasteiger partial charge in [0.2, 0.25) is 0 Å². The maximum Gasteiger partial charge on any atom is 0.0684 e. The zero-order chi connectivity index (χ0) is 11.4. The molecule has 0 radical (unpaired) electrons. The van der Waals surface area contributed by atoms with Gasteiger partial charge in [0.05, 0.1) is 6.61 Å². The summed E-state index contributed by atoms with van der Waals surface area (Å²) in [4.78, 5) is 2.44. The van der Waals surface area contributed by atoms with Crippen LogP contribution in [0.3, 0.4) is 0 Å². The van der Waals surface area contributed by atoms with Crippen LogP contribution in [0.1, 0.15) is 11.1 Å². The number of aryl methyl sites for hydroxylation is 1. The Morgan fingerprint density at radius 2 is 1.75 bits per heavy atom. The van der Waals surface area contributed by atoms with Crippen molar-refractivity contribution in [1.29, 1.82) is 0 Å². The van der Waals surface area contributed by atoms with Gasteiger partial charge < -0.3 is 5.11 Å². The van der Waals surface area contributed by atoms with Crippen molar-refractivity contribution < 1.29 is 5.11 Å². The van der Waals surface area contributed by atoms with Crippen LogP contribution in [0, 0.1) is 6.92 Å². The lowest BCUT2D eigenvalue weighted by atomic mass is 10.1. The molecule has 2 heteroatoms. The van der Waals surface area contributed by atoms with Crippen LogP contribution in [0.5, 0.6) is 0 Å². The fraction of sp³-hybridized carbons (Fsp3) is 0.143. The second-order valence-corrected chi connectivity index (χ2v) is 4.81. The highest BCUT2D eigenvalue weighted by Gasteiger charge is 2.00. The van der Waals surface area contributed by atoms with E-state index in [4.69, 9.17) is 5.11 Å². The van der Waals surface area contributed by atoms with Gasteiger partial charge in [0.25, 0.3) is 0 Å². The molecule has 0 saturated carbocycles. The second kappa shape index (κ2) is 5.19. The smallest absolute Gasteiger partial charge is 0.0684 e. The zero-order valence-electron chi connectivity index (χ0n) is 9.18. The standard InChI is InChI=1S/C14H14OS/c1-11-9-14(8-7-12(11)10-15)16-13-5-3-2-4-6-13/h2-9,15H,10H2,1H3. The predicted molar refractivity (Wildman–Crippen MR) is 67.7 cm³/mol. The van der Waals surface area contributed by atoms with Gasteiger partial charge in [-0.15, -0.1) is 0 Å². The molecule has 2 aromatic rings. The van der Waals surface area contributed by atoms with E-state index in [0.29, 0.717) is 0 Å². The zero-order valence-corrected chi connectivity index (χ0v) is 10.00. The van der Waals surface area contributed by atoms with Gasteiger partial charge in [-0.05, 0) is 42.3 Å². The molecule has 2 rings (SSSR count). The molecule has 82 valence electrons. The number of hydrogen-bond donors (Lipinski definition) is 1. The van der Waals surface area contributed by atoms with Crippen LogP contribution in [0.2, 0.25) is 0 Å². The van der Waals surface area contributed by atoms with E-state index in [9.17, 15) is 0 Å². The molecule has 0 aliphatic carbocycles. The van der Waals surface area contributed by atoms with Crippen LogP contribution in [-0.2, 0) is 6.61 Å². The van der Waals surface area contributed by atoms with Crippen molar-refractivity contribution in [1.82, 2.24) is 0 Å². The van der Waals surface area contributed by atoms with Gasteiger partial charge in [-0.1, -0.05) is 36.0 Å². The van der Waals surface area contributed by atoms with E-state index < -0.39 is 0 Å². The molecule has 16 heavy (non-hydrogen) atoms. The summed E-state index contributed by atoms with van der Waals surface area (Å²) >= 11 is 1.74. The lowest BCUT2D eigenvalue weighted by Gasteiger charge is -2.06. The summed E-state index contributed by atoms with van der Waals surface area (Å²) in [6, 6.07) is 16.4. The van der Waals surface area contributed by atoms with Gasteiger partial charge in [0.1, 0.15) is 0 Å². The minimum absolute atomic E-state index is 0.113. The molecule has 2 aromatic carbocycles. The Morgan fingerprint density at radius 3 is 2.38 bits per heavy atom. The maximum absolute atomic E-state index is 9.09. The highest BCUT2D eigenvalue weighted by molar-refractivity contribution is 7.99. The Labute approximate surface area is 100 Å². The molecule has 0 aliphatic heterocycles. The van der Waals surface area contributed by atoms with Gasteiger partial charge in [-0.3, -0.25) is 0 Å². The average Bonchev–Trinajstić information content (AvgIpc) is 2.31. The van der Waals surface area contributed by atoms with E-state index in [2.05, 4.69) is 24.3 Å². The molecule has 0 heterocycles. The molecule has 0 fully saturated rings. The molecule has 0 atom stereocenters. The third-order valence-electron chi connectivity index (χ3n) is 2.46. The SMILES string of the molecule is Cc1cc(Sc2ccccc2)ccc1CO. The van der Waals surface area contributed by atoms with E-state index >= 15 is 0 Å². The summed E-state index contributed by atoms with van der Waals surface area (Å²) in [5.74, 6) is 0. The molecule has 0 unspecified atom stereocenters. The first kappa shape index (κ1) is 11.2. The minimum atomic E-state index is 0.113. The summed E-state index contributed by atoms with van der Waals surface area (Å²) in [7, 11) is 0. The van der Waals surface area contributed by atoms with Crippen molar-refractivity contribution >= 4 is 11.8 Å². The van der Waals surface area contributed by atoms with Crippen LogP contribution in [0.4, 0.5) is 0 Å². The Hall–Kier alpha value is -1.25. The van der Waals surface area contributed by atoms with Crippen molar-refractivity contribution in [3.63, 3.8) is 0 Å². The number of rotatable bonds is 3. The molecule has 0 aliphatic rings. The summed E-state index contributed by atoms with van der Waals surface area (Å²) < 4.78 is 0. The minimum Gasteiger partial charge on any atom is -0.392 e. The Balaban J connectivity index is 2.20. The highest BCUT2D eigenvalue weighted by atomic mass is 32.2. The monoisotopic (exact) mass is 230 g/mol. The first-order chi connectivity index (χ1) is 7.79. The van der Waals surface area contributed by atoms with E-state index in [1.807, 2.05) is 31.2 Å².